The Kier molecular flexibility index (Phi) is 19.6. The SMILES string of the molecule is CCCCNc1ccc(C(=O)OCCOCCOCCOCCOCCNC(=O)COCC(=O)O)cc1. The van der Waals surface area contributed by atoms with E-state index in [1.165, 1.54) is 0 Å². The summed E-state index contributed by atoms with van der Waals surface area (Å²) in [6.45, 7) is 5.64. The van der Waals surface area contributed by atoms with Gasteiger partial charge in [0.15, 0.2) is 0 Å². The van der Waals surface area contributed by atoms with Gasteiger partial charge in [0, 0.05) is 18.8 Å². The van der Waals surface area contributed by atoms with E-state index in [1.54, 1.807) is 12.1 Å². The Labute approximate surface area is 217 Å². The van der Waals surface area contributed by atoms with Gasteiger partial charge in [0.05, 0.1) is 58.4 Å². The second kappa shape index (κ2) is 22.4. The number of unbranched alkanes of at least 4 members (excludes halogenated alkanes) is 1. The lowest BCUT2D eigenvalue weighted by Crippen LogP contribution is -2.31. The van der Waals surface area contributed by atoms with Crippen LogP contribution in [0.15, 0.2) is 24.3 Å². The molecule has 0 spiro atoms. The third-order valence-corrected chi connectivity index (χ3v) is 4.58. The van der Waals surface area contributed by atoms with Crippen molar-refractivity contribution >= 4 is 23.5 Å². The van der Waals surface area contributed by atoms with Crippen molar-refractivity contribution < 1.29 is 47.9 Å². The first-order valence-corrected chi connectivity index (χ1v) is 12.4. The number of amides is 1. The molecule has 37 heavy (non-hydrogen) atoms. The molecule has 0 saturated heterocycles. The van der Waals surface area contributed by atoms with Gasteiger partial charge >= 0.3 is 11.9 Å². The van der Waals surface area contributed by atoms with Crippen molar-refractivity contribution in [2.24, 2.45) is 0 Å². The highest BCUT2D eigenvalue weighted by Gasteiger charge is 2.07. The van der Waals surface area contributed by atoms with Crippen LogP contribution in [0.1, 0.15) is 30.1 Å². The number of benzene rings is 1. The number of ether oxygens (including phenoxy) is 6. The van der Waals surface area contributed by atoms with Gasteiger partial charge in [0.25, 0.3) is 0 Å². The number of carbonyl (C=O) groups excluding carboxylic acids is 2. The molecule has 0 heterocycles. The molecule has 1 amide bonds. The molecule has 0 saturated carbocycles. The van der Waals surface area contributed by atoms with Gasteiger partial charge in [-0.05, 0) is 30.7 Å². The van der Waals surface area contributed by atoms with Crippen LogP contribution in [0.25, 0.3) is 0 Å². The minimum absolute atomic E-state index is 0.167. The third-order valence-electron chi connectivity index (χ3n) is 4.58. The van der Waals surface area contributed by atoms with Crippen LogP contribution in [0.5, 0.6) is 0 Å². The summed E-state index contributed by atoms with van der Waals surface area (Å²) < 4.78 is 31.3. The third kappa shape index (κ3) is 19.1. The molecule has 0 atom stereocenters. The number of aliphatic carboxylic acids is 1. The lowest BCUT2D eigenvalue weighted by atomic mass is 10.2. The molecular formula is C25H40N2O10. The van der Waals surface area contributed by atoms with Crippen LogP contribution < -0.4 is 10.6 Å². The Morgan fingerprint density at radius 3 is 1.86 bits per heavy atom. The first-order valence-electron chi connectivity index (χ1n) is 12.4. The molecule has 0 aliphatic carbocycles. The Morgan fingerprint density at radius 1 is 0.730 bits per heavy atom. The first-order chi connectivity index (χ1) is 18.0. The highest BCUT2D eigenvalue weighted by Crippen LogP contribution is 2.10. The minimum atomic E-state index is -1.13. The fraction of sp³-hybridized carbons (Fsp3) is 0.640. The summed E-state index contributed by atoms with van der Waals surface area (Å²) in [5.41, 5.74) is 1.48. The van der Waals surface area contributed by atoms with Gasteiger partial charge in [-0.2, -0.15) is 0 Å². The average Bonchev–Trinajstić information content (AvgIpc) is 2.88. The number of carbonyl (C=O) groups is 3. The molecule has 12 heteroatoms. The Morgan fingerprint density at radius 2 is 1.30 bits per heavy atom. The zero-order valence-corrected chi connectivity index (χ0v) is 21.5. The molecular weight excluding hydrogens is 488 g/mol. The number of hydrogen-bond acceptors (Lipinski definition) is 10. The number of rotatable bonds is 24. The van der Waals surface area contributed by atoms with Gasteiger partial charge in [-0.15, -0.1) is 0 Å². The standard InChI is InChI=1S/C25H40N2O10/c1-2-3-8-26-22-6-4-21(5-7-22)25(31)37-18-17-35-16-15-34-14-13-33-12-11-32-10-9-27-23(28)19-36-20-24(29)30/h4-7,26H,2-3,8-20H2,1H3,(H,27,28)(H,29,30). The van der Waals surface area contributed by atoms with Crippen LogP contribution >= 0.6 is 0 Å². The molecule has 210 valence electrons. The summed E-state index contributed by atoms with van der Waals surface area (Å²) in [5, 5.41) is 14.2. The van der Waals surface area contributed by atoms with E-state index in [0.29, 0.717) is 58.4 Å². The van der Waals surface area contributed by atoms with Gasteiger partial charge in [0.1, 0.15) is 19.8 Å². The predicted molar refractivity (Wildman–Crippen MR) is 135 cm³/mol. The molecule has 1 aromatic carbocycles. The lowest BCUT2D eigenvalue weighted by Gasteiger charge is -2.09. The van der Waals surface area contributed by atoms with Crippen molar-refractivity contribution in [3.8, 4) is 0 Å². The minimum Gasteiger partial charge on any atom is -0.480 e. The maximum Gasteiger partial charge on any atom is 0.338 e. The fourth-order valence-electron chi connectivity index (χ4n) is 2.72. The highest BCUT2D eigenvalue weighted by atomic mass is 16.6. The van der Waals surface area contributed by atoms with Crippen molar-refractivity contribution in [2.45, 2.75) is 19.8 Å². The largest absolute Gasteiger partial charge is 0.480 e. The summed E-state index contributed by atoms with van der Waals surface area (Å²) in [5.74, 6) is -1.91. The number of nitrogens with one attached hydrogen (secondary N) is 2. The van der Waals surface area contributed by atoms with Crippen molar-refractivity contribution in [2.75, 3.05) is 91.1 Å². The van der Waals surface area contributed by atoms with E-state index < -0.39 is 18.5 Å². The van der Waals surface area contributed by atoms with Gasteiger partial charge in [-0.25, -0.2) is 9.59 Å². The number of anilines is 1. The Balaban J connectivity index is 1.84. The molecule has 0 unspecified atom stereocenters. The molecule has 1 rings (SSSR count). The summed E-state index contributed by atoms with van der Waals surface area (Å²) in [4.78, 5) is 33.6. The summed E-state index contributed by atoms with van der Waals surface area (Å²) in [7, 11) is 0. The summed E-state index contributed by atoms with van der Waals surface area (Å²) in [6.07, 6.45) is 2.22. The monoisotopic (exact) mass is 528 g/mol. The molecule has 0 aromatic heterocycles. The summed E-state index contributed by atoms with van der Waals surface area (Å²) >= 11 is 0. The number of hydrogen-bond donors (Lipinski definition) is 3. The quantitative estimate of drug-likeness (QED) is 0.132. The fourth-order valence-corrected chi connectivity index (χ4v) is 2.72. The van der Waals surface area contributed by atoms with E-state index >= 15 is 0 Å². The second-order valence-corrected chi connectivity index (χ2v) is 7.68. The maximum absolute atomic E-state index is 12.0. The van der Waals surface area contributed by atoms with Gasteiger partial charge in [-0.1, -0.05) is 13.3 Å². The predicted octanol–water partition coefficient (Wildman–Crippen LogP) is 1.34. The smallest absolute Gasteiger partial charge is 0.338 e. The van der Waals surface area contributed by atoms with Crippen LogP contribution in [-0.4, -0.2) is 109 Å². The van der Waals surface area contributed by atoms with E-state index in [0.717, 1.165) is 25.1 Å². The topological polar surface area (TPSA) is 151 Å². The van der Waals surface area contributed by atoms with Crippen LogP contribution in [-0.2, 0) is 38.0 Å². The molecule has 0 radical (unpaired) electrons. The first kappa shape index (κ1) is 32.3. The Bertz CT molecular complexity index is 745. The lowest BCUT2D eigenvalue weighted by molar-refractivity contribution is -0.143. The Hall–Kier alpha value is -2.77. The van der Waals surface area contributed by atoms with Gasteiger partial charge < -0.3 is 44.2 Å². The van der Waals surface area contributed by atoms with Crippen molar-refractivity contribution in [3.63, 3.8) is 0 Å². The normalized spacial score (nSPS) is 10.7. The van der Waals surface area contributed by atoms with E-state index in [9.17, 15) is 14.4 Å². The van der Waals surface area contributed by atoms with Crippen molar-refractivity contribution in [3.05, 3.63) is 29.8 Å². The van der Waals surface area contributed by atoms with Gasteiger partial charge in [0.2, 0.25) is 5.91 Å². The summed E-state index contributed by atoms with van der Waals surface area (Å²) in [6, 6.07) is 7.21. The van der Waals surface area contributed by atoms with Crippen LogP contribution in [0.4, 0.5) is 5.69 Å². The molecule has 3 N–H and O–H groups in total. The van der Waals surface area contributed by atoms with Gasteiger partial charge in [-0.3, -0.25) is 4.79 Å². The van der Waals surface area contributed by atoms with Crippen LogP contribution in [0.3, 0.4) is 0 Å². The molecule has 12 nitrogen and oxygen atoms in total. The zero-order chi connectivity index (χ0) is 27.0. The van der Waals surface area contributed by atoms with Crippen molar-refractivity contribution in [1.29, 1.82) is 0 Å². The molecule has 0 aliphatic heterocycles. The maximum atomic E-state index is 12.0. The van der Waals surface area contributed by atoms with E-state index in [-0.39, 0.29) is 25.8 Å². The average molecular weight is 529 g/mol. The van der Waals surface area contributed by atoms with Crippen LogP contribution in [0.2, 0.25) is 0 Å². The molecule has 0 bridgehead atoms. The van der Waals surface area contributed by atoms with Crippen molar-refractivity contribution in [1.82, 2.24) is 5.32 Å². The van der Waals surface area contributed by atoms with Crippen LogP contribution in [0, 0.1) is 0 Å². The zero-order valence-electron chi connectivity index (χ0n) is 21.5. The number of esters is 1. The van der Waals surface area contributed by atoms with E-state index in [1.807, 2.05) is 12.1 Å². The number of carboxylic acid groups (broad SMARTS) is 1. The molecule has 1 aromatic rings. The molecule has 0 aliphatic rings. The highest BCUT2D eigenvalue weighted by molar-refractivity contribution is 5.89. The number of carboxylic acids is 1. The molecule has 0 fully saturated rings. The van der Waals surface area contributed by atoms with E-state index in [2.05, 4.69) is 22.3 Å². The second-order valence-electron chi connectivity index (χ2n) is 7.68. The van der Waals surface area contributed by atoms with E-state index in [4.69, 9.17) is 28.8 Å².